The summed E-state index contributed by atoms with van der Waals surface area (Å²) in [5.74, 6) is 0. The van der Waals surface area contributed by atoms with E-state index in [0.717, 1.165) is 11.1 Å². The van der Waals surface area contributed by atoms with Crippen LogP contribution in [0.3, 0.4) is 0 Å². The summed E-state index contributed by atoms with van der Waals surface area (Å²) in [6.45, 7) is 0. The fraction of sp³-hybridized carbons (Fsp3) is 0. The van der Waals surface area contributed by atoms with E-state index in [2.05, 4.69) is 26.1 Å². The maximum Gasteiger partial charge on any atom is 0.144 e. The molecule has 0 spiro atoms. The maximum absolute atomic E-state index is 4.59. The lowest BCUT2D eigenvalue weighted by molar-refractivity contribution is 0.418. The van der Waals surface area contributed by atoms with Crippen LogP contribution < -0.4 is 0 Å². The minimum absolute atomic E-state index is 0.814. The number of hydrogen-bond donors (Lipinski definition) is 1. The number of rotatable bonds is 1. The van der Waals surface area contributed by atoms with Crippen LogP contribution in [-0.4, -0.2) is 15.4 Å². The summed E-state index contributed by atoms with van der Waals surface area (Å²) in [6, 6.07) is 0. The molecule has 0 saturated carbocycles. The first kappa shape index (κ1) is 5.22. The lowest BCUT2D eigenvalue weighted by Crippen LogP contribution is -1.64. The fourth-order valence-corrected chi connectivity index (χ4v) is 0.712. The Kier molecular flexibility index (Phi) is 1.04. The van der Waals surface area contributed by atoms with Gasteiger partial charge in [0.05, 0.1) is 11.8 Å². The fourth-order valence-electron chi connectivity index (χ4n) is 0.712. The Balaban J connectivity index is 2.48. The highest BCUT2D eigenvalue weighted by Crippen LogP contribution is 2.14. The third-order valence-corrected chi connectivity index (χ3v) is 1.20. The van der Waals surface area contributed by atoms with Crippen LogP contribution in [0.1, 0.15) is 0 Å². The van der Waals surface area contributed by atoms with Gasteiger partial charge in [-0.2, -0.15) is 5.10 Å². The lowest BCUT2D eigenvalue weighted by Gasteiger charge is -1.79. The Morgan fingerprint density at radius 2 is 2.60 bits per heavy atom. The van der Waals surface area contributed by atoms with E-state index in [1.807, 2.05) is 0 Å². The molecule has 0 aliphatic rings. The van der Waals surface area contributed by atoms with Crippen molar-refractivity contribution in [1.82, 2.24) is 15.4 Å². The molecule has 1 N–H and O–H groups in total. The van der Waals surface area contributed by atoms with E-state index in [9.17, 15) is 0 Å². The summed E-state index contributed by atoms with van der Waals surface area (Å²) >= 11 is 0. The Hall–Kier alpha value is -1.58. The van der Waals surface area contributed by atoms with Gasteiger partial charge in [0.1, 0.15) is 12.5 Å². The number of aromatic nitrogens is 3. The molecule has 0 aromatic carbocycles. The first-order chi connectivity index (χ1) is 4.97. The zero-order chi connectivity index (χ0) is 6.81. The van der Waals surface area contributed by atoms with E-state index < -0.39 is 0 Å². The van der Waals surface area contributed by atoms with E-state index in [4.69, 9.17) is 0 Å². The second-order valence-electron chi connectivity index (χ2n) is 1.83. The van der Waals surface area contributed by atoms with Crippen LogP contribution in [-0.2, 0) is 0 Å². The van der Waals surface area contributed by atoms with Gasteiger partial charge in [0.15, 0.2) is 0 Å². The molecule has 0 atom stereocenters. The standard InChI is InChI=1S/C6H4N3O/c1-5(2-8-7-1)6-3-9-10-4-6/h1-2,4H,(H,7,8). The van der Waals surface area contributed by atoms with Gasteiger partial charge in [-0.1, -0.05) is 5.16 Å². The Bertz CT molecular complexity index is 252. The number of hydrogen-bond acceptors (Lipinski definition) is 3. The van der Waals surface area contributed by atoms with Gasteiger partial charge in [0.25, 0.3) is 0 Å². The van der Waals surface area contributed by atoms with Gasteiger partial charge in [-0.05, 0) is 0 Å². The van der Waals surface area contributed by atoms with Gasteiger partial charge in [0.2, 0.25) is 0 Å². The molecule has 4 nitrogen and oxygen atoms in total. The molecule has 49 valence electrons. The van der Waals surface area contributed by atoms with Crippen molar-refractivity contribution >= 4 is 0 Å². The predicted octanol–water partition coefficient (Wildman–Crippen LogP) is 0.865. The topological polar surface area (TPSA) is 54.7 Å². The molecule has 2 aromatic heterocycles. The number of nitrogens with one attached hydrogen (secondary N) is 1. The maximum atomic E-state index is 4.59. The summed E-state index contributed by atoms with van der Waals surface area (Å²) in [6.07, 6.45) is 7.62. The molecule has 0 aliphatic heterocycles. The largest absolute Gasteiger partial charge is 0.363 e. The molecular formula is C6H4N3O. The molecular weight excluding hydrogens is 130 g/mol. The second kappa shape index (κ2) is 1.98. The molecule has 0 fully saturated rings. The highest BCUT2D eigenvalue weighted by Gasteiger charge is 1.99. The summed E-state index contributed by atoms with van der Waals surface area (Å²) in [7, 11) is 0. The van der Waals surface area contributed by atoms with Crippen molar-refractivity contribution in [3.63, 3.8) is 0 Å². The van der Waals surface area contributed by atoms with E-state index in [1.165, 1.54) is 6.26 Å². The van der Waals surface area contributed by atoms with Crippen LogP contribution in [0, 0.1) is 6.20 Å². The van der Waals surface area contributed by atoms with Crippen molar-refractivity contribution in [2.75, 3.05) is 0 Å². The molecule has 4 heteroatoms. The van der Waals surface area contributed by atoms with E-state index >= 15 is 0 Å². The first-order valence-corrected chi connectivity index (χ1v) is 2.78. The molecule has 10 heavy (non-hydrogen) atoms. The van der Waals surface area contributed by atoms with Crippen molar-refractivity contribution in [2.24, 2.45) is 0 Å². The lowest BCUT2D eigenvalue weighted by atomic mass is 10.2. The zero-order valence-corrected chi connectivity index (χ0v) is 5.03. The monoisotopic (exact) mass is 134 g/mol. The summed E-state index contributed by atoms with van der Waals surface area (Å²) in [5, 5.41) is 9.88. The summed E-state index contributed by atoms with van der Waals surface area (Å²) in [4.78, 5) is 0. The molecule has 0 bridgehead atoms. The number of aromatic amines is 1. The number of nitrogens with zero attached hydrogens (tertiary/aromatic N) is 2. The van der Waals surface area contributed by atoms with Crippen molar-refractivity contribution in [2.45, 2.75) is 0 Å². The number of H-pyrrole nitrogens is 1. The van der Waals surface area contributed by atoms with E-state index in [0.29, 0.717) is 0 Å². The molecule has 0 aliphatic carbocycles. The SMILES string of the molecule is [c]1nocc1-c1cn[nH]c1. The Morgan fingerprint density at radius 1 is 1.60 bits per heavy atom. The van der Waals surface area contributed by atoms with Crippen molar-refractivity contribution in [3.05, 3.63) is 24.9 Å². The molecule has 2 aromatic rings. The van der Waals surface area contributed by atoms with E-state index in [-0.39, 0.29) is 0 Å². The van der Waals surface area contributed by atoms with Gasteiger partial charge in [-0.15, -0.1) is 0 Å². The third kappa shape index (κ3) is 0.699. The minimum Gasteiger partial charge on any atom is -0.363 e. The van der Waals surface area contributed by atoms with Crippen LogP contribution in [0.5, 0.6) is 0 Å². The molecule has 0 amide bonds. The van der Waals surface area contributed by atoms with Crippen molar-refractivity contribution < 1.29 is 4.52 Å². The molecule has 2 rings (SSSR count). The van der Waals surface area contributed by atoms with Gasteiger partial charge < -0.3 is 4.52 Å². The Labute approximate surface area is 56.9 Å². The Morgan fingerprint density at radius 3 is 3.20 bits per heavy atom. The highest BCUT2D eigenvalue weighted by atomic mass is 16.5. The average molecular weight is 134 g/mol. The van der Waals surface area contributed by atoms with Crippen LogP contribution >= 0.6 is 0 Å². The van der Waals surface area contributed by atoms with Gasteiger partial charge in [-0.3, -0.25) is 5.10 Å². The van der Waals surface area contributed by atoms with Gasteiger partial charge in [-0.25, -0.2) is 0 Å². The van der Waals surface area contributed by atoms with Crippen LogP contribution in [0.4, 0.5) is 0 Å². The zero-order valence-electron chi connectivity index (χ0n) is 5.03. The van der Waals surface area contributed by atoms with Crippen LogP contribution in [0.15, 0.2) is 23.2 Å². The van der Waals surface area contributed by atoms with Crippen molar-refractivity contribution in [1.29, 1.82) is 0 Å². The summed E-state index contributed by atoms with van der Waals surface area (Å²) < 4.78 is 4.59. The predicted molar refractivity (Wildman–Crippen MR) is 32.9 cm³/mol. The molecule has 0 saturated heterocycles. The minimum atomic E-state index is 0.814. The van der Waals surface area contributed by atoms with Crippen molar-refractivity contribution in [3.8, 4) is 11.1 Å². The second-order valence-corrected chi connectivity index (χ2v) is 1.83. The normalized spacial score (nSPS) is 10.0. The van der Waals surface area contributed by atoms with Crippen LogP contribution in [0.25, 0.3) is 11.1 Å². The summed E-state index contributed by atoms with van der Waals surface area (Å²) in [5.41, 5.74) is 1.75. The quantitative estimate of drug-likeness (QED) is 0.629. The third-order valence-electron chi connectivity index (χ3n) is 1.20. The van der Waals surface area contributed by atoms with Gasteiger partial charge in [0, 0.05) is 11.8 Å². The van der Waals surface area contributed by atoms with Crippen LogP contribution in [0.2, 0.25) is 0 Å². The highest BCUT2D eigenvalue weighted by molar-refractivity contribution is 5.57. The van der Waals surface area contributed by atoms with E-state index in [1.54, 1.807) is 12.4 Å². The first-order valence-electron chi connectivity index (χ1n) is 2.78. The average Bonchev–Trinajstić information content (AvgIpc) is 2.59. The molecule has 1 radical (unpaired) electrons. The molecule has 2 heterocycles. The molecule has 0 unspecified atom stereocenters. The smallest absolute Gasteiger partial charge is 0.144 e. The van der Waals surface area contributed by atoms with Gasteiger partial charge >= 0.3 is 0 Å².